The van der Waals surface area contributed by atoms with Crippen molar-refractivity contribution in [2.24, 2.45) is 0 Å². The van der Waals surface area contributed by atoms with Gasteiger partial charge in [-0.2, -0.15) is 4.98 Å². The Hall–Kier alpha value is -2.34. The first-order valence-electron chi connectivity index (χ1n) is 8.23. The maximum absolute atomic E-state index is 4.55. The SMILES string of the molecule is Cc1cc(NCCCN(C)C)nc(Nc2ccc(N(C)C)cc2)n1. The number of aryl methyl sites for hydroxylation is 1. The molecule has 6 nitrogen and oxygen atoms in total. The fourth-order valence-corrected chi connectivity index (χ4v) is 2.30. The van der Waals surface area contributed by atoms with Gasteiger partial charge < -0.3 is 20.4 Å². The van der Waals surface area contributed by atoms with Gasteiger partial charge in [0.05, 0.1) is 0 Å². The molecule has 1 aromatic carbocycles. The summed E-state index contributed by atoms with van der Waals surface area (Å²) in [5.41, 5.74) is 3.08. The summed E-state index contributed by atoms with van der Waals surface area (Å²) in [6.07, 6.45) is 1.07. The summed E-state index contributed by atoms with van der Waals surface area (Å²) in [7, 11) is 8.22. The van der Waals surface area contributed by atoms with Gasteiger partial charge in [-0.25, -0.2) is 4.98 Å². The first-order valence-corrected chi connectivity index (χ1v) is 8.23. The van der Waals surface area contributed by atoms with Gasteiger partial charge in [0.15, 0.2) is 0 Å². The molecule has 0 bridgehead atoms. The Bertz CT molecular complexity index is 636. The van der Waals surface area contributed by atoms with Crippen molar-refractivity contribution in [3.8, 4) is 0 Å². The van der Waals surface area contributed by atoms with Crippen LogP contribution in [0.4, 0.5) is 23.1 Å². The smallest absolute Gasteiger partial charge is 0.229 e. The Morgan fingerprint density at radius 3 is 2.33 bits per heavy atom. The van der Waals surface area contributed by atoms with Crippen LogP contribution in [0.2, 0.25) is 0 Å². The maximum atomic E-state index is 4.55. The topological polar surface area (TPSA) is 56.3 Å². The molecule has 0 spiro atoms. The molecule has 0 amide bonds. The summed E-state index contributed by atoms with van der Waals surface area (Å²) in [5, 5.41) is 6.64. The molecule has 1 heterocycles. The normalized spacial score (nSPS) is 10.8. The van der Waals surface area contributed by atoms with E-state index in [-0.39, 0.29) is 0 Å². The van der Waals surface area contributed by atoms with Crippen molar-refractivity contribution in [3.05, 3.63) is 36.0 Å². The van der Waals surface area contributed by atoms with Gasteiger partial charge in [-0.3, -0.25) is 0 Å². The van der Waals surface area contributed by atoms with Crippen molar-refractivity contribution >= 4 is 23.1 Å². The summed E-state index contributed by atoms with van der Waals surface area (Å²) < 4.78 is 0. The largest absolute Gasteiger partial charge is 0.378 e. The van der Waals surface area contributed by atoms with Crippen LogP contribution in [0.3, 0.4) is 0 Å². The highest BCUT2D eigenvalue weighted by atomic mass is 15.1. The fourth-order valence-electron chi connectivity index (χ4n) is 2.30. The number of anilines is 4. The zero-order valence-electron chi connectivity index (χ0n) is 15.3. The molecule has 0 fully saturated rings. The minimum Gasteiger partial charge on any atom is -0.378 e. The van der Waals surface area contributed by atoms with E-state index in [0.29, 0.717) is 5.95 Å². The minimum atomic E-state index is 0.614. The molecule has 130 valence electrons. The number of nitrogens with zero attached hydrogens (tertiary/aromatic N) is 4. The van der Waals surface area contributed by atoms with Crippen molar-refractivity contribution in [1.82, 2.24) is 14.9 Å². The zero-order valence-corrected chi connectivity index (χ0v) is 15.3. The lowest BCUT2D eigenvalue weighted by atomic mass is 10.2. The van der Waals surface area contributed by atoms with Crippen LogP contribution < -0.4 is 15.5 Å². The zero-order chi connectivity index (χ0) is 17.5. The lowest BCUT2D eigenvalue weighted by Crippen LogP contribution is -2.17. The van der Waals surface area contributed by atoms with Crippen LogP contribution in [0.25, 0.3) is 0 Å². The second kappa shape index (κ2) is 8.49. The van der Waals surface area contributed by atoms with Crippen LogP contribution in [0.1, 0.15) is 12.1 Å². The predicted octanol–water partition coefficient (Wildman–Crippen LogP) is 2.96. The summed E-state index contributed by atoms with van der Waals surface area (Å²) >= 11 is 0. The van der Waals surface area contributed by atoms with E-state index in [4.69, 9.17) is 0 Å². The number of hydrogen-bond acceptors (Lipinski definition) is 6. The Morgan fingerprint density at radius 1 is 1.00 bits per heavy atom. The van der Waals surface area contributed by atoms with Crippen LogP contribution in [0.15, 0.2) is 30.3 Å². The van der Waals surface area contributed by atoms with E-state index >= 15 is 0 Å². The lowest BCUT2D eigenvalue weighted by Gasteiger charge is -2.14. The van der Waals surface area contributed by atoms with Crippen molar-refractivity contribution in [3.63, 3.8) is 0 Å². The molecular weight excluding hydrogens is 300 g/mol. The molecular formula is C18H28N6. The van der Waals surface area contributed by atoms with Gasteiger partial charge in [0.2, 0.25) is 5.95 Å². The first-order chi connectivity index (χ1) is 11.4. The van der Waals surface area contributed by atoms with Crippen LogP contribution in [0, 0.1) is 6.92 Å². The Labute approximate surface area is 144 Å². The Kier molecular flexibility index (Phi) is 6.37. The van der Waals surface area contributed by atoms with Gasteiger partial charge in [0, 0.05) is 43.8 Å². The Balaban J connectivity index is 1.99. The molecule has 0 radical (unpaired) electrons. The Morgan fingerprint density at radius 2 is 1.71 bits per heavy atom. The van der Waals surface area contributed by atoms with Crippen molar-refractivity contribution in [2.45, 2.75) is 13.3 Å². The van der Waals surface area contributed by atoms with Crippen molar-refractivity contribution < 1.29 is 0 Å². The van der Waals surface area contributed by atoms with E-state index in [0.717, 1.165) is 42.4 Å². The molecule has 0 saturated heterocycles. The highest BCUT2D eigenvalue weighted by Crippen LogP contribution is 2.19. The number of benzene rings is 1. The van der Waals surface area contributed by atoms with Gasteiger partial charge in [-0.05, 0) is 58.3 Å². The van der Waals surface area contributed by atoms with Gasteiger partial charge in [-0.15, -0.1) is 0 Å². The average molecular weight is 328 g/mol. The molecule has 0 atom stereocenters. The molecule has 0 saturated carbocycles. The third-order valence-electron chi connectivity index (χ3n) is 3.58. The van der Waals surface area contributed by atoms with Crippen molar-refractivity contribution in [1.29, 1.82) is 0 Å². The van der Waals surface area contributed by atoms with E-state index in [1.54, 1.807) is 0 Å². The van der Waals surface area contributed by atoms with E-state index in [1.807, 2.05) is 39.2 Å². The highest BCUT2D eigenvalue weighted by Gasteiger charge is 2.04. The molecule has 2 aromatic rings. The summed E-state index contributed by atoms with van der Waals surface area (Å²) in [6, 6.07) is 10.2. The van der Waals surface area contributed by atoms with Crippen LogP contribution in [-0.4, -0.2) is 56.1 Å². The second-order valence-corrected chi connectivity index (χ2v) is 6.37. The number of aromatic nitrogens is 2. The standard InChI is InChI=1S/C18H28N6/c1-14-13-17(19-11-6-12-23(2)3)22-18(20-14)21-15-7-9-16(10-8-15)24(4)5/h7-10,13H,6,11-12H2,1-5H3,(H2,19,20,21,22). The predicted molar refractivity (Wildman–Crippen MR) is 102 cm³/mol. The number of hydrogen-bond donors (Lipinski definition) is 2. The molecule has 0 aliphatic carbocycles. The molecule has 0 aliphatic heterocycles. The molecule has 0 aliphatic rings. The monoisotopic (exact) mass is 328 g/mol. The van der Waals surface area contributed by atoms with E-state index < -0.39 is 0 Å². The minimum absolute atomic E-state index is 0.614. The van der Waals surface area contributed by atoms with Gasteiger partial charge >= 0.3 is 0 Å². The van der Waals surface area contributed by atoms with Gasteiger partial charge in [-0.1, -0.05) is 0 Å². The highest BCUT2D eigenvalue weighted by molar-refractivity contribution is 5.59. The molecule has 2 rings (SSSR count). The molecule has 1 aromatic heterocycles. The second-order valence-electron chi connectivity index (χ2n) is 6.37. The third kappa shape index (κ3) is 5.70. The average Bonchev–Trinajstić information content (AvgIpc) is 2.51. The fraction of sp³-hybridized carbons (Fsp3) is 0.444. The van der Waals surface area contributed by atoms with E-state index in [1.165, 1.54) is 0 Å². The quantitative estimate of drug-likeness (QED) is 0.727. The lowest BCUT2D eigenvalue weighted by molar-refractivity contribution is 0.405. The van der Waals surface area contributed by atoms with Gasteiger partial charge in [0.1, 0.15) is 5.82 Å². The number of nitrogens with one attached hydrogen (secondary N) is 2. The third-order valence-corrected chi connectivity index (χ3v) is 3.58. The van der Waals surface area contributed by atoms with Crippen LogP contribution in [-0.2, 0) is 0 Å². The number of rotatable bonds is 8. The van der Waals surface area contributed by atoms with Crippen LogP contribution in [0.5, 0.6) is 0 Å². The summed E-state index contributed by atoms with van der Waals surface area (Å²) in [5.74, 6) is 1.47. The summed E-state index contributed by atoms with van der Waals surface area (Å²) in [6.45, 7) is 3.93. The summed E-state index contributed by atoms with van der Waals surface area (Å²) in [4.78, 5) is 13.3. The molecule has 2 N–H and O–H groups in total. The van der Waals surface area contributed by atoms with E-state index in [9.17, 15) is 0 Å². The van der Waals surface area contributed by atoms with E-state index in [2.05, 4.69) is 56.6 Å². The first kappa shape index (κ1) is 18.0. The molecule has 24 heavy (non-hydrogen) atoms. The maximum Gasteiger partial charge on any atom is 0.229 e. The van der Waals surface area contributed by atoms with Crippen molar-refractivity contribution in [2.75, 3.05) is 56.8 Å². The molecule has 6 heteroatoms. The van der Waals surface area contributed by atoms with Crippen LogP contribution >= 0.6 is 0 Å². The van der Waals surface area contributed by atoms with Gasteiger partial charge in [0.25, 0.3) is 0 Å². The molecule has 0 unspecified atom stereocenters.